The number of rotatable bonds is 8. The van der Waals surface area contributed by atoms with Crippen molar-refractivity contribution in [3.63, 3.8) is 0 Å². The predicted molar refractivity (Wildman–Crippen MR) is 117 cm³/mol. The Labute approximate surface area is 188 Å². The summed E-state index contributed by atoms with van der Waals surface area (Å²) in [6, 6.07) is 12.9. The summed E-state index contributed by atoms with van der Waals surface area (Å²) in [5.74, 6) is 2.53. The first-order chi connectivity index (χ1) is 15.0. The van der Waals surface area contributed by atoms with Crippen LogP contribution in [-0.2, 0) is 25.0 Å². The number of aromatic nitrogens is 3. The molecule has 0 fully saturated rings. The monoisotopic (exact) mass is 460 g/mol. The van der Waals surface area contributed by atoms with Gasteiger partial charge in [-0.1, -0.05) is 41.6 Å². The summed E-state index contributed by atoms with van der Waals surface area (Å²) in [5.41, 5.74) is 0.937. The van der Waals surface area contributed by atoms with E-state index in [1.165, 1.54) is 11.8 Å². The van der Waals surface area contributed by atoms with E-state index in [1.807, 2.05) is 48.9 Å². The Balaban J connectivity index is 1.30. The molecule has 1 atom stereocenters. The zero-order chi connectivity index (χ0) is 21.8. The number of ether oxygens (including phenoxy) is 3. The third kappa shape index (κ3) is 5.05. The lowest BCUT2D eigenvalue weighted by atomic mass is 10.2. The molecule has 0 saturated heterocycles. The largest absolute Gasteiger partial charge is 0.484 e. The third-order valence-electron chi connectivity index (χ3n) is 4.67. The lowest BCUT2D eigenvalue weighted by molar-refractivity contribution is -0.120. The predicted octanol–water partition coefficient (Wildman–Crippen LogP) is 3.57. The molecule has 0 saturated carbocycles. The van der Waals surface area contributed by atoms with E-state index in [2.05, 4.69) is 15.5 Å². The van der Waals surface area contributed by atoms with Crippen LogP contribution in [0.5, 0.6) is 17.2 Å². The average molecular weight is 461 g/mol. The number of benzene rings is 2. The molecule has 10 heteroatoms. The highest BCUT2D eigenvalue weighted by molar-refractivity contribution is 8.00. The Morgan fingerprint density at radius 3 is 2.90 bits per heavy atom. The van der Waals surface area contributed by atoms with Crippen molar-refractivity contribution in [3.8, 4) is 17.2 Å². The van der Waals surface area contributed by atoms with Gasteiger partial charge in [0.15, 0.2) is 22.5 Å². The number of para-hydroxylation sites is 1. The maximum Gasteiger partial charge on any atom is 0.233 e. The minimum atomic E-state index is -0.353. The van der Waals surface area contributed by atoms with Crippen LogP contribution in [0.25, 0.3) is 0 Å². The van der Waals surface area contributed by atoms with E-state index in [4.69, 9.17) is 25.8 Å². The molecule has 2 aromatic carbocycles. The average Bonchev–Trinajstić information content (AvgIpc) is 3.38. The van der Waals surface area contributed by atoms with Gasteiger partial charge in [-0.2, -0.15) is 0 Å². The normalized spacial score (nSPS) is 13.1. The van der Waals surface area contributed by atoms with Crippen molar-refractivity contribution < 1.29 is 19.0 Å². The van der Waals surface area contributed by atoms with Gasteiger partial charge >= 0.3 is 0 Å². The second-order valence-corrected chi connectivity index (χ2v) is 8.56. The van der Waals surface area contributed by atoms with E-state index < -0.39 is 0 Å². The highest BCUT2D eigenvalue weighted by Crippen LogP contribution is 2.32. The number of nitrogens with zero attached hydrogens (tertiary/aromatic N) is 3. The molecular formula is C21H21ClN4O4S. The van der Waals surface area contributed by atoms with Crippen LogP contribution >= 0.6 is 23.4 Å². The summed E-state index contributed by atoms with van der Waals surface area (Å²) in [6.45, 7) is 2.67. The smallest absolute Gasteiger partial charge is 0.233 e. The van der Waals surface area contributed by atoms with Crippen molar-refractivity contribution in [2.75, 3.05) is 6.79 Å². The lowest BCUT2D eigenvalue weighted by Gasteiger charge is -2.12. The van der Waals surface area contributed by atoms with E-state index >= 15 is 0 Å². The van der Waals surface area contributed by atoms with Crippen molar-refractivity contribution in [2.24, 2.45) is 7.05 Å². The summed E-state index contributed by atoms with van der Waals surface area (Å²) in [4.78, 5) is 12.5. The van der Waals surface area contributed by atoms with Gasteiger partial charge < -0.3 is 24.1 Å². The summed E-state index contributed by atoms with van der Waals surface area (Å²) in [5, 5.41) is 12.1. The van der Waals surface area contributed by atoms with Gasteiger partial charge in [-0.05, 0) is 36.8 Å². The number of amides is 1. The maximum atomic E-state index is 12.5. The number of hydrogen-bond donors (Lipinski definition) is 1. The van der Waals surface area contributed by atoms with Crippen molar-refractivity contribution in [1.82, 2.24) is 20.1 Å². The Morgan fingerprint density at radius 1 is 1.26 bits per heavy atom. The van der Waals surface area contributed by atoms with Gasteiger partial charge in [-0.15, -0.1) is 10.2 Å². The summed E-state index contributed by atoms with van der Waals surface area (Å²) < 4.78 is 18.2. The molecule has 2 heterocycles. The van der Waals surface area contributed by atoms with Gasteiger partial charge in [0.1, 0.15) is 12.4 Å². The van der Waals surface area contributed by atoms with Crippen LogP contribution in [0.15, 0.2) is 47.6 Å². The fourth-order valence-electron chi connectivity index (χ4n) is 2.87. The molecule has 0 radical (unpaired) electrons. The fourth-order valence-corrected chi connectivity index (χ4v) is 3.92. The summed E-state index contributed by atoms with van der Waals surface area (Å²) >= 11 is 7.44. The molecule has 3 aromatic rings. The highest BCUT2D eigenvalue weighted by atomic mass is 35.5. The van der Waals surface area contributed by atoms with Gasteiger partial charge in [0.05, 0.1) is 10.3 Å². The van der Waals surface area contributed by atoms with Crippen LogP contribution in [0, 0.1) is 0 Å². The topological polar surface area (TPSA) is 87.5 Å². The quantitative estimate of drug-likeness (QED) is 0.514. The molecule has 1 aliphatic heterocycles. The molecule has 0 spiro atoms. The van der Waals surface area contributed by atoms with E-state index in [0.717, 1.165) is 11.3 Å². The summed E-state index contributed by atoms with van der Waals surface area (Å²) in [6.07, 6.45) is 0. The fraction of sp³-hybridized carbons (Fsp3) is 0.286. The van der Waals surface area contributed by atoms with Crippen LogP contribution in [0.4, 0.5) is 0 Å². The van der Waals surface area contributed by atoms with E-state index in [-0.39, 0.29) is 24.6 Å². The molecule has 1 aromatic heterocycles. The van der Waals surface area contributed by atoms with Gasteiger partial charge in [0, 0.05) is 13.6 Å². The van der Waals surface area contributed by atoms with Gasteiger partial charge in [-0.25, -0.2) is 0 Å². The van der Waals surface area contributed by atoms with E-state index in [0.29, 0.717) is 34.0 Å². The Morgan fingerprint density at radius 2 is 2.06 bits per heavy atom. The van der Waals surface area contributed by atoms with Crippen molar-refractivity contribution in [3.05, 3.63) is 58.9 Å². The number of thioether (sulfide) groups is 1. The van der Waals surface area contributed by atoms with Crippen LogP contribution in [0.3, 0.4) is 0 Å². The van der Waals surface area contributed by atoms with Crippen molar-refractivity contribution in [2.45, 2.75) is 30.5 Å². The molecule has 162 valence electrons. The number of halogens is 1. The van der Waals surface area contributed by atoms with Gasteiger partial charge in [0.25, 0.3) is 0 Å². The molecular weight excluding hydrogens is 440 g/mol. The first-order valence-corrected chi connectivity index (χ1v) is 10.9. The minimum Gasteiger partial charge on any atom is -0.484 e. The number of nitrogens with one attached hydrogen (secondary N) is 1. The Hall–Kier alpha value is -2.91. The van der Waals surface area contributed by atoms with E-state index in [1.54, 1.807) is 12.1 Å². The Bertz CT molecular complexity index is 1090. The SMILES string of the molecule is C[C@H](Sc1nnc(COc2ccccc2Cl)n1C)C(=O)NCc1ccc2c(c1)OCO2. The van der Waals surface area contributed by atoms with Crippen LogP contribution in [0.1, 0.15) is 18.3 Å². The number of hydrogen-bond acceptors (Lipinski definition) is 7. The molecule has 0 unspecified atom stereocenters. The van der Waals surface area contributed by atoms with Crippen molar-refractivity contribution >= 4 is 29.3 Å². The number of fused-ring (bicyclic) bond motifs is 1. The van der Waals surface area contributed by atoms with Gasteiger partial charge in [-0.3, -0.25) is 4.79 Å². The molecule has 1 N–H and O–H groups in total. The standard InChI is InChI=1S/C21H21ClN4O4S/c1-13(20(27)23-10-14-7-8-17-18(9-14)30-12-29-17)31-21-25-24-19(26(21)2)11-28-16-6-4-3-5-15(16)22/h3-9,13H,10-12H2,1-2H3,(H,23,27)/t13-/m0/s1. The zero-order valence-corrected chi connectivity index (χ0v) is 18.6. The van der Waals surface area contributed by atoms with Crippen molar-refractivity contribution in [1.29, 1.82) is 0 Å². The second-order valence-electron chi connectivity index (χ2n) is 6.84. The van der Waals surface area contributed by atoms with Crippen LogP contribution in [-0.4, -0.2) is 32.7 Å². The third-order valence-corrected chi connectivity index (χ3v) is 6.12. The molecule has 1 amide bonds. The Kier molecular flexibility index (Phi) is 6.53. The molecule has 31 heavy (non-hydrogen) atoms. The van der Waals surface area contributed by atoms with E-state index in [9.17, 15) is 4.79 Å². The highest BCUT2D eigenvalue weighted by Gasteiger charge is 2.20. The summed E-state index contributed by atoms with van der Waals surface area (Å²) in [7, 11) is 1.84. The molecule has 4 rings (SSSR count). The molecule has 1 aliphatic rings. The zero-order valence-electron chi connectivity index (χ0n) is 17.0. The number of carbonyl (C=O) groups excluding carboxylic acids is 1. The van der Waals surface area contributed by atoms with Crippen LogP contribution in [0.2, 0.25) is 5.02 Å². The molecule has 0 bridgehead atoms. The second kappa shape index (κ2) is 9.49. The molecule has 0 aliphatic carbocycles. The van der Waals surface area contributed by atoms with Crippen LogP contribution < -0.4 is 19.5 Å². The molecule has 8 nitrogen and oxygen atoms in total. The lowest BCUT2D eigenvalue weighted by Crippen LogP contribution is -2.30. The first kappa shape index (κ1) is 21.3. The van der Waals surface area contributed by atoms with Gasteiger partial charge in [0.2, 0.25) is 12.7 Å². The number of carbonyl (C=O) groups is 1. The minimum absolute atomic E-state index is 0.0977. The maximum absolute atomic E-state index is 12.5. The first-order valence-electron chi connectivity index (χ1n) is 9.60.